The monoisotopic (exact) mass is 305 g/mol. The number of carbonyl (C=O) groups is 1. The minimum Gasteiger partial charge on any atom is -0.444 e. The van der Waals surface area contributed by atoms with E-state index in [1.165, 1.54) is 0 Å². The lowest BCUT2D eigenvalue weighted by molar-refractivity contribution is 0.0138. The highest BCUT2D eigenvalue weighted by Crippen LogP contribution is 2.52. The van der Waals surface area contributed by atoms with E-state index in [-0.39, 0.29) is 12.5 Å². The van der Waals surface area contributed by atoms with Crippen molar-refractivity contribution in [2.45, 2.75) is 50.7 Å². The van der Waals surface area contributed by atoms with Crippen molar-refractivity contribution in [2.24, 2.45) is 5.73 Å². The molecule has 0 radical (unpaired) electrons. The molecule has 2 N–H and O–H groups in total. The Bertz CT molecular complexity index is 404. The number of piperazine rings is 1. The molecule has 1 aliphatic carbocycles. The van der Waals surface area contributed by atoms with E-state index >= 15 is 0 Å². The van der Waals surface area contributed by atoms with E-state index in [4.69, 9.17) is 10.5 Å². The number of rotatable bonds is 3. The van der Waals surface area contributed by atoms with Crippen LogP contribution < -0.4 is 5.73 Å². The summed E-state index contributed by atoms with van der Waals surface area (Å²) in [6, 6.07) is 0. The second kappa shape index (κ2) is 5.35. The Morgan fingerprint density at radius 2 is 1.76 bits per heavy atom. The Balaban J connectivity index is 1.70. The molecule has 5 nitrogen and oxygen atoms in total. The van der Waals surface area contributed by atoms with E-state index in [1.54, 1.807) is 4.90 Å². The molecule has 0 bridgehead atoms. The van der Waals surface area contributed by atoms with E-state index in [0.717, 1.165) is 0 Å². The number of amides is 1. The minimum atomic E-state index is -2.70. The first-order valence-electron chi connectivity index (χ1n) is 7.39. The van der Waals surface area contributed by atoms with Crippen LogP contribution in [0, 0.1) is 0 Å². The summed E-state index contributed by atoms with van der Waals surface area (Å²) < 4.78 is 31.4. The summed E-state index contributed by atoms with van der Waals surface area (Å²) >= 11 is 0. The summed E-state index contributed by atoms with van der Waals surface area (Å²) in [4.78, 5) is 15.6. The molecule has 7 heteroatoms. The van der Waals surface area contributed by atoms with Crippen LogP contribution >= 0.6 is 0 Å². The molecule has 2 rings (SSSR count). The average Bonchev–Trinajstić information content (AvgIpc) is 2.85. The first kappa shape index (κ1) is 16.4. The second-order valence-corrected chi connectivity index (χ2v) is 7.10. The van der Waals surface area contributed by atoms with Crippen molar-refractivity contribution in [2.75, 3.05) is 32.7 Å². The van der Waals surface area contributed by atoms with Gasteiger partial charge in [-0.2, -0.15) is 0 Å². The van der Waals surface area contributed by atoms with Crippen molar-refractivity contribution in [3.05, 3.63) is 0 Å². The van der Waals surface area contributed by atoms with Gasteiger partial charge in [-0.3, -0.25) is 4.90 Å². The number of alkyl halides is 2. The van der Waals surface area contributed by atoms with Gasteiger partial charge in [0.1, 0.15) is 5.60 Å². The maximum Gasteiger partial charge on any atom is 0.410 e. The highest BCUT2D eigenvalue weighted by molar-refractivity contribution is 5.68. The molecule has 1 unspecified atom stereocenters. The van der Waals surface area contributed by atoms with E-state index in [0.29, 0.717) is 39.1 Å². The molecule has 1 heterocycles. The van der Waals surface area contributed by atoms with Gasteiger partial charge in [0.25, 0.3) is 5.92 Å². The van der Waals surface area contributed by atoms with Crippen LogP contribution in [-0.2, 0) is 4.74 Å². The first-order chi connectivity index (χ1) is 9.52. The third kappa shape index (κ3) is 4.03. The van der Waals surface area contributed by atoms with E-state index in [9.17, 15) is 13.6 Å². The van der Waals surface area contributed by atoms with Crippen molar-refractivity contribution < 1.29 is 18.3 Å². The summed E-state index contributed by atoms with van der Waals surface area (Å²) in [5.74, 6) is -2.70. The zero-order valence-corrected chi connectivity index (χ0v) is 13.0. The fourth-order valence-corrected chi connectivity index (χ4v) is 2.46. The van der Waals surface area contributed by atoms with Crippen molar-refractivity contribution in [3.8, 4) is 0 Å². The zero-order valence-electron chi connectivity index (χ0n) is 13.0. The molecule has 0 aromatic heterocycles. The van der Waals surface area contributed by atoms with Gasteiger partial charge in [0.05, 0.1) is 5.54 Å². The maximum absolute atomic E-state index is 13.0. The van der Waals surface area contributed by atoms with Gasteiger partial charge in [-0.05, 0) is 27.2 Å². The van der Waals surface area contributed by atoms with E-state index in [1.807, 2.05) is 20.8 Å². The third-order valence-electron chi connectivity index (χ3n) is 4.04. The van der Waals surface area contributed by atoms with Gasteiger partial charge in [0.15, 0.2) is 0 Å². The zero-order chi connectivity index (χ0) is 15.9. The lowest BCUT2D eigenvalue weighted by Gasteiger charge is -2.35. The van der Waals surface area contributed by atoms with E-state index < -0.39 is 17.1 Å². The van der Waals surface area contributed by atoms with Crippen LogP contribution in [0.2, 0.25) is 0 Å². The molecule has 1 saturated heterocycles. The molecule has 2 fully saturated rings. The highest BCUT2D eigenvalue weighted by atomic mass is 19.3. The van der Waals surface area contributed by atoms with Gasteiger partial charge < -0.3 is 15.4 Å². The van der Waals surface area contributed by atoms with Crippen LogP contribution in [-0.4, -0.2) is 65.7 Å². The Labute approximate surface area is 124 Å². The van der Waals surface area contributed by atoms with Gasteiger partial charge in [-0.15, -0.1) is 0 Å². The normalized spacial score (nSPS) is 29.3. The quantitative estimate of drug-likeness (QED) is 0.861. The maximum atomic E-state index is 13.0. The number of hydrogen-bond acceptors (Lipinski definition) is 4. The SMILES string of the molecule is CC(C)(C)OC(=O)N1CCN(CCC2(N)CC2(F)F)CC1. The third-order valence-corrected chi connectivity index (χ3v) is 4.04. The van der Waals surface area contributed by atoms with Crippen LogP contribution in [0.4, 0.5) is 13.6 Å². The van der Waals surface area contributed by atoms with Crippen LogP contribution in [0.5, 0.6) is 0 Å². The molecule has 122 valence electrons. The molecule has 0 spiro atoms. The number of hydrogen-bond donors (Lipinski definition) is 1. The fraction of sp³-hybridized carbons (Fsp3) is 0.929. The summed E-state index contributed by atoms with van der Waals surface area (Å²) in [5, 5.41) is 0. The van der Waals surface area contributed by atoms with Gasteiger partial charge >= 0.3 is 6.09 Å². The lowest BCUT2D eigenvalue weighted by atomic mass is 10.1. The van der Waals surface area contributed by atoms with Crippen LogP contribution in [0.15, 0.2) is 0 Å². The molecule has 21 heavy (non-hydrogen) atoms. The number of nitrogens with zero attached hydrogens (tertiary/aromatic N) is 2. The Hall–Kier alpha value is -0.950. The molecular formula is C14H25F2N3O2. The number of ether oxygens (including phenoxy) is 1. The predicted octanol–water partition coefficient (Wildman–Crippen LogP) is 1.67. The summed E-state index contributed by atoms with van der Waals surface area (Å²) in [6.07, 6.45) is -0.226. The molecule has 2 aliphatic rings. The highest BCUT2D eigenvalue weighted by Gasteiger charge is 2.68. The van der Waals surface area contributed by atoms with Gasteiger partial charge in [0, 0.05) is 39.1 Å². The lowest BCUT2D eigenvalue weighted by Crippen LogP contribution is -2.50. The Kier molecular flexibility index (Phi) is 4.19. The smallest absolute Gasteiger partial charge is 0.410 e. The summed E-state index contributed by atoms with van der Waals surface area (Å²) in [5.41, 5.74) is 3.81. The number of carbonyl (C=O) groups excluding carboxylic acids is 1. The molecular weight excluding hydrogens is 280 g/mol. The van der Waals surface area contributed by atoms with Crippen molar-refractivity contribution in [1.82, 2.24) is 9.80 Å². The van der Waals surface area contributed by atoms with Crippen LogP contribution in [0.1, 0.15) is 33.6 Å². The van der Waals surface area contributed by atoms with Gasteiger partial charge in [-0.25, -0.2) is 13.6 Å². The molecule has 0 aromatic carbocycles. The number of halogens is 2. The van der Waals surface area contributed by atoms with Crippen molar-refractivity contribution in [1.29, 1.82) is 0 Å². The topological polar surface area (TPSA) is 58.8 Å². The molecule has 1 saturated carbocycles. The average molecular weight is 305 g/mol. The number of nitrogens with two attached hydrogens (primary N) is 1. The second-order valence-electron chi connectivity index (χ2n) is 7.10. The van der Waals surface area contributed by atoms with E-state index in [2.05, 4.69) is 4.90 Å². The van der Waals surface area contributed by atoms with Crippen LogP contribution in [0.3, 0.4) is 0 Å². The summed E-state index contributed by atoms with van der Waals surface area (Å²) in [7, 11) is 0. The predicted molar refractivity (Wildman–Crippen MR) is 75.3 cm³/mol. The Morgan fingerprint density at radius 1 is 1.24 bits per heavy atom. The first-order valence-corrected chi connectivity index (χ1v) is 7.39. The summed E-state index contributed by atoms with van der Waals surface area (Å²) in [6.45, 7) is 8.49. The van der Waals surface area contributed by atoms with Crippen molar-refractivity contribution >= 4 is 6.09 Å². The molecule has 1 atom stereocenters. The molecule has 1 amide bonds. The standard InChI is InChI=1S/C14H25F2N3O2/c1-12(2,3)21-11(20)19-8-6-18(7-9-19)5-4-13(17)10-14(13,15)16/h4-10,17H2,1-3H3. The Morgan fingerprint density at radius 3 is 2.19 bits per heavy atom. The van der Waals surface area contributed by atoms with Gasteiger partial charge in [0.2, 0.25) is 0 Å². The minimum absolute atomic E-state index is 0.210. The van der Waals surface area contributed by atoms with Crippen LogP contribution in [0.25, 0.3) is 0 Å². The fourth-order valence-electron chi connectivity index (χ4n) is 2.46. The molecule has 1 aliphatic heterocycles. The largest absolute Gasteiger partial charge is 0.444 e. The van der Waals surface area contributed by atoms with Crippen molar-refractivity contribution in [3.63, 3.8) is 0 Å². The van der Waals surface area contributed by atoms with Gasteiger partial charge in [-0.1, -0.05) is 0 Å². The molecule has 0 aromatic rings.